The van der Waals surface area contributed by atoms with Gasteiger partial charge in [-0.25, -0.2) is 16.8 Å². The zero-order valence-electron chi connectivity index (χ0n) is 16.4. The normalized spacial score (nSPS) is 11.8. The van der Waals surface area contributed by atoms with E-state index >= 15 is 0 Å². The van der Waals surface area contributed by atoms with Crippen molar-refractivity contribution in [1.29, 1.82) is 0 Å². The van der Waals surface area contributed by atoms with Crippen LogP contribution in [0.1, 0.15) is 71.1 Å². The van der Waals surface area contributed by atoms with E-state index in [0.29, 0.717) is 6.42 Å². The molecule has 11 heteroatoms. The fourth-order valence-corrected chi connectivity index (χ4v) is 3.93. The van der Waals surface area contributed by atoms with Crippen LogP contribution in [0.2, 0.25) is 0 Å². The standard InChI is InChI=1S/C15H32O7S2.2Na/c1-2-3-4-5-6-7-8-9-10-11-12-22-15(13-23(16,17)18)14-24(19,20)21;;/h15H,2-14H2,1H3,(H,16,17,18)(H,19,20,21);;/q;2*+1/p-2. The molecule has 7 nitrogen and oxygen atoms in total. The van der Waals surface area contributed by atoms with Gasteiger partial charge in [0.25, 0.3) is 0 Å². The second kappa shape index (κ2) is 18.8. The van der Waals surface area contributed by atoms with Gasteiger partial charge in [-0.2, -0.15) is 0 Å². The first-order chi connectivity index (χ1) is 11.1. The Balaban J connectivity index is -0.00000264. The predicted octanol–water partition coefficient (Wildman–Crippen LogP) is -3.61. The molecule has 0 rings (SSSR count). The summed E-state index contributed by atoms with van der Waals surface area (Å²) in [5.41, 5.74) is 0. The third kappa shape index (κ3) is 25.8. The summed E-state index contributed by atoms with van der Waals surface area (Å²) in [6, 6.07) is 0. The van der Waals surface area contributed by atoms with Crippen molar-refractivity contribution in [2.75, 3.05) is 18.1 Å². The molecule has 0 aliphatic heterocycles. The summed E-state index contributed by atoms with van der Waals surface area (Å²) >= 11 is 0. The number of unbranched alkanes of at least 4 members (excludes halogenated alkanes) is 9. The van der Waals surface area contributed by atoms with Crippen molar-refractivity contribution in [1.82, 2.24) is 0 Å². The minimum absolute atomic E-state index is 0. The van der Waals surface area contributed by atoms with Gasteiger partial charge in [-0.05, 0) is 6.42 Å². The van der Waals surface area contributed by atoms with Crippen LogP contribution in [0.15, 0.2) is 0 Å². The van der Waals surface area contributed by atoms with E-state index in [-0.39, 0.29) is 65.7 Å². The Kier molecular flexibility index (Phi) is 23.4. The van der Waals surface area contributed by atoms with Crippen LogP contribution in [-0.4, -0.2) is 50.2 Å². The van der Waals surface area contributed by atoms with Crippen LogP contribution < -0.4 is 59.1 Å². The molecule has 0 bridgehead atoms. The van der Waals surface area contributed by atoms with Crippen LogP contribution in [0.4, 0.5) is 0 Å². The molecule has 0 aliphatic carbocycles. The molecule has 0 saturated heterocycles. The predicted molar refractivity (Wildman–Crippen MR) is 90.7 cm³/mol. The Morgan fingerprint density at radius 1 is 0.692 bits per heavy atom. The molecule has 0 aromatic carbocycles. The van der Waals surface area contributed by atoms with E-state index in [1.807, 2.05) is 0 Å². The number of hydrogen-bond donors (Lipinski definition) is 0. The fraction of sp³-hybridized carbons (Fsp3) is 1.00. The maximum atomic E-state index is 10.7. The average molecular weight is 433 g/mol. The van der Waals surface area contributed by atoms with E-state index < -0.39 is 37.8 Å². The van der Waals surface area contributed by atoms with Crippen LogP contribution in [0.3, 0.4) is 0 Å². The van der Waals surface area contributed by atoms with E-state index in [4.69, 9.17) is 4.74 Å². The summed E-state index contributed by atoms with van der Waals surface area (Å²) in [5.74, 6) is -1.99. The quantitative estimate of drug-likeness (QED) is 0.140. The van der Waals surface area contributed by atoms with Crippen LogP contribution in [0.5, 0.6) is 0 Å². The maximum Gasteiger partial charge on any atom is 1.00 e. The molecule has 0 saturated carbocycles. The molecule has 26 heavy (non-hydrogen) atoms. The summed E-state index contributed by atoms with van der Waals surface area (Å²) < 4.78 is 69.3. The number of ether oxygens (including phenoxy) is 1. The van der Waals surface area contributed by atoms with E-state index in [1.165, 1.54) is 38.5 Å². The summed E-state index contributed by atoms with van der Waals surface area (Å²) in [6.07, 6.45) is 9.81. The molecule has 0 aromatic rings. The van der Waals surface area contributed by atoms with Crippen LogP contribution >= 0.6 is 0 Å². The van der Waals surface area contributed by atoms with Gasteiger partial charge < -0.3 is 13.8 Å². The molecular weight excluding hydrogens is 402 g/mol. The minimum Gasteiger partial charge on any atom is -0.748 e. The van der Waals surface area contributed by atoms with Gasteiger partial charge >= 0.3 is 59.1 Å². The van der Waals surface area contributed by atoms with Crippen LogP contribution in [0, 0.1) is 0 Å². The molecular formula is C15H30Na2O7S2. The molecule has 0 fully saturated rings. The first kappa shape index (κ1) is 32.4. The van der Waals surface area contributed by atoms with Crippen molar-refractivity contribution >= 4 is 20.2 Å². The van der Waals surface area contributed by atoms with Crippen LogP contribution in [0.25, 0.3) is 0 Å². The molecule has 0 amide bonds. The first-order valence-electron chi connectivity index (χ1n) is 8.63. The molecule has 0 heterocycles. The zero-order valence-corrected chi connectivity index (χ0v) is 22.1. The summed E-state index contributed by atoms with van der Waals surface area (Å²) in [7, 11) is -9.28. The van der Waals surface area contributed by atoms with Crippen molar-refractivity contribution in [3.05, 3.63) is 0 Å². The Hall–Kier alpha value is 1.78. The minimum atomic E-state index is -4.64. The monoisotopic (exact) mass is 432 g/mol. The van der Waals surface area contributed by atoms with E-state index in [1.54, 1.807) is 0 Å². The van der Waals surface area contributed by atoms with Gasteiger partial charge in [0.1, 0.15) is 0 Å². The van der Waals surface area contributed by atoms with E-state index in [9.17, 15) is 25.9 Å². The van der Waals surface area contributed by atoms with E-state index in [0.717, 1.165) is 19.3 Å². The third-order valence-corrected chi connectivity index (χ3v) is 5.19. The number of rotatable bonds is 16. The van der Waals surface area contributed by atoms with E-state index in [2.05, 4.69) is 6.92 Å². The molecule has 0 radical (unpaired) electrons. The van der Waals surface area contributed by atoms with Crippen molar-refractivity contribution in [2.45, 2.75) is 77.2 Å². The molecule has 0 spiro atoms. The molecule has 0 aliphatic rings. The van der Waals surface area contributed by atoms with Crippen molar-refractivity contribution in [3.8, 4) is 0 Å². The summed E-state index contributed by atoms with van der Waals surface area (Å²) in [4.78, 5) is 0. The SMILES string of the molecule is CCCCCCCCCCCCOC(CS(=O)(=O)[O-])CS(=O)(=O)[O-].[Na+].[Na+]. The first-order valence-corrected chi connectivity index (χ1v) is 11.8. The van der Waals surface area contributed by atoms with Crippen molar-refractivity contribution in [2.24, 2.45) is 0 Å². The smallest absolute Gasteiger partial charge is 0.748 e. The third-order valence-electron chi connectivity index (χ3n) is 3.63. The zero-order chi connectivity index (χ0) is 18.5. The van der Waals surface area contributed by atoms with Gasteiger partial charge in [-0.3, -0.25) is 0 Å². The molecule has 0 unspecified atom stereocenters. The Morgan fingerprint density at radius 2 is 1.04 bits per heavy atom. The van der Waals surface area contributed by atoms with Gasteiger partial charge in [0, 0.05) is 6.61 Å². The van der Waals surface area contributed by atoms with Gasteiger partial charge in [-0.15, -0.1) is 0 Å². The van der Waals surface area contributed by atoms with Crippen LogP contribution in [-0.2, 0) is 25.0 Å². The molecule has 0 aromatic heterocycles. The average Bonchev–Trinajstić information content (AvgIpc) is 2.41. The Labute approximate surface area is 203 Å². The van der Waals surface area contributed by atoms with Crippen molar-refractivity contribution < 1.29 is 89.8 Å². The maximum absolute atomic E-state index is 10.7. The fourth-order valence-electron chi connectivity index (χ4n) is 2.44. The van der Waals surface area contributed by atoms with Gasteiger partial charge in [0.05, 0.1) is 37.8 Å². The van der Waals surface area contributed by atoms with Gasteiger partial charge in [0.2, 0.25) is 0 Å². The number of hydrogen-bond acceptors (Lipinski definition) is 7. The summed E-state index contributed by atoms with van der Waals surface area (Å²) in [5, 5.41) is 0. The molecule has 0 atom stereocenters. The topological polar surface area (TPSA) is 124 Å². The van der Waals surface area contributed by atoms with Gasteiger partial charge in [0.15, 0.2) is 0 Å². The summed E-state index contributed by atoms with van der Waals surface area (Å²) in [6.45, 7) is 2.33. The van der Waals surface area contributed by atoms with Crippen molar-refractivity contribution in [3.63, 3.8) is 0 Å². The second-order valence-electron chi connectivity index (χ2n) is 6.12. The largest absolute Gasteiger partial charge is 1.00 e. The Morgan fingerprint density at radius 3 is 1.38 bits per heavy atom. The molecule has 146 valence electrons. The Bertz CT molecular complexity index is 476. The second-order valence-corrected chi connectivity index (χ2v) is 9.02. The van der Waals surface area contributed by atoms with Gasteiger partial charge in [-0.1, -0.05) is 64.7 Å². The molecule has 0 N–H and O–H groups in total.